The molecule has 4 atom stereocenters. The predicted octanol–water partition coefficient (Wildman–Crippen LogP) is 3.30. The molecular formula is C26H34N4O. The molecule has 4 heterocycles. The quantitative estimate of drug-likeness (QED) is 0.798. The molecule has 1 aliphatic carbocycles. The van der Waals surface area contributed by atoms with Gasteiger partial charge in [-0.1, -0.05) is 18.2 Å². The Morgan fingerprint density at radius 2 is 1.97 bits per heavy atom. The van der Waals surface area contributed by atoms with Gasteiger partial charge in [0.15, 0.2) is 0 Å². The molecule has 1 aromatic heterocycles. The Labute approximate surface area is 185 Å². The number of aromatic nitrogens is 1. The minimum Gasteiger partial charge on any atom is -0.371 e. The summed E-state index contributed by atoms with van der Waals surface area (Å²) >= 11 is 0. The van der Waals surface area contributed by atoms with Crippen LogP contribution in [-0.2, 0) is 30.5 Å². The average molecular weight is 419 g/mol. The third-order valence-electron chi connectivity index (χ3n) is 7.81. The number of ether oxygens (including phenoxy) is 1. The first kappa shape index (κ1) is 19.7. The van der Waals surface area contributed by atoms with Crippen LogP contribution in [0.5, 0.6) is 0 Å². The van der Waals surface area contributed by atoms with E-state index in [4.69, 9.17) is 9.72 Å². The van der Waals surface area contributed by atoms with Crippen molar-refractivity contribution >= 4 is 5.69 Å². The molecule has 1 unspecified atom stereocenters. The third kappa shape index (κ3) is 3.77. The molecule has 2 aromatic rings. The van der Waals surface area contributed by atoms with Gasteiger partial charge in [0.2, 0.25) is 0 Å². The van der Waals surface area contributed by atoms with Crippen LogP contribution in [0.25, 0.3) is 0 Å². The van der Waals surface area contributed by atoms with Crippen LogP contribution >= 0.6 is 0 Å². The standard InChI is InChI=1S/C26H34N4O/c1-27-24-6-2-4-17-8-9-19(29-26(17)24)12-20-13-23-18(14-28-20)5-3-7-25(23)30-15-21-10-11-22(16-30)31-21/h3,5,7-9,20-22,24,27-28H,2,4,6,10-16H2,1H3/t20-,21-,22+,24?/m0/s1. The van der Waals surface area contributed by atoms with E-state index in [1.54, 1.807) is 5.56 Å². The number of rotatable bonds is 4. The third-order valence-corrected chi connectivity index (χ3v) is 7.81. The average Bonchev–Trinajstić information content (AvgIpc) is 3.15. The van der Waals surface area contributed by atoms with Crippen LogP contribution in [0.4, 0.5) is 5.69 Å². The summed E-state index contributed by atoms with van der Waals surface area (Å²) in [5.41, 5.74) is 8.38. The molecule has 2 N–H and O–H groups in total. The lowest BCUT2D eigenvalue weighted by Gasteiger charge is -2.37. The highest BCUT2D eigenvalue weighted by Crippen LogP contribution is 2.35. The number of hydrogen-bond donors (Lipinski definition) is 2. The van der Waals surface area contributed by atoms with Crippen molar-refractivity contribution in [2.24, 2.45) is 0 Å². The van der Waals surface area contributed by atoms with E-state index in [2.05, 4.69) is 52.9 Å². The Hall–Kier alpha value is -1.95. The summed E-state index contributed by atoms with van der Waals surface area (Å²) in [6.45, 7) is 3.04. The van der Waals surface area contributed by atoms with Gasteiger partial charge in [0.05, 0.1) is 17.9 Å². The topological polar surface area (TPSA) is 49.4 Å². The van der Waals surface area contributed by atoms with E-state index in [-0.39, 0.29) is 0 Å². The van der Waals surface area contributed by atoms with Crippen LogP contribution in [0.2, 0.25) is 0 Å². The monoisotopic (exact) mass is 418 g/mol. The van der Waals surface area contributed by atoms with Gasteiger partial charge in [0.25, 0.3) is 0 Å². The second-order valence-corrected chi connectivity index (χ2v) is 9.84. The van der Waals surface area contributed by atoms with Gasteiger partial charge in [-0.15, -0.1) is 0 Å². The molecule has 5 nitrogen and oxygen atoms in total. The molecule has 164 valence electrons. The van der Waals surface area contributed by atoms with E-state index in [0.29, 0.717) is 24.3 Å². The lowest BCUT2D eigenvalue weighted by atomic mass is 9.89. The fraction of sp³-hybridized carbons (Fsp3) is 0.577. The van der Waals surface area contributed by atoms with Crippen LogP contribution < -0.4 is 15.5 Å². The molecule has 0 radical (unpaired) electrons. The number of nitrogens with zero attached hydrogens (tertiary/aromatic N) is 2. The zero-order chi connectivity index (χ0) is 20.8. The second kappa shape index (κ2) is 8.19. The van der Waals surface area contributed by atoms with E-state index in [1.165, 1.54) is 60.3 Å². The zero-order valence-corrected chi connectivity index (χ0v) is 18.6. The largest absolute Gasteiger partial charge is 0.371 e. The molecule has 1 aromatic carbocycles. The van der Waals surface area contributed by atoms with Gasteiger partial charge >= 0.3 is 0 Å². The Morgan fingerprint density at radius 1 is 1.10 bits per heavy atom. The Kier molecular flexibility index (Phi) is 5.21. The van der Waals surface area contributed by atoms with Crippen LogP contribution in [0.3, 0.4) is 0 Å². The number of fused-ring (bicyclic) bond motifs is 4. The van der Waals surface area contributed by atoms with Crippen molar-refractivity contribution in [2.75, 3.05) is 25.0 Å². The van der Waals surface area contributed by atoms with Crippen LogP contribution in [-0.4, -0.2) is 43.4 Å². The van der Waals surface area contributed by atoms with Crippen molar-refractivity contribution in [1.82, 2.24) is 15.6 Å². The molecule has 2 bridgehead atoms. The fourth-order valence-corrected chi connectivity index (χ4v) is 6.19. The van der Waals surface area contributed by atoms with E-state index < -0.39 is 0 Å². The molecule has 0 saturated carbocycles. The first-order chi connectivity index (χ1) is 15.3. The number of hydrogen-bond acceptors (Lipinski definition) is 5. The minimum atomic E-state index is 0.409. The molecule has 0 amide bonds. The van der Waals surface area contributed by atoms with Crippen molar-refractivity contribution in [3.05, 3.63) is 58.4 Å². The smallest absolute Gasteiger partial charge is 0.0755 e. The highest BCUT2D eigenvalue weighted by molar-refractivity contribution is 5.58. The van der Waals surface area contributed by atoms with Gasteiger partial charge in [-0.25, -0.2) is 0 Å². The first-order valence-electron chi connectivity index (χ1n) is 12.2. The number of pyridine rings is 1. The molecule has 5 heteroatoms. The zero-order valence-electron chi connectivity index (χ0n) is 18.6. The van der Waals surface area contributed by atoms with E-state index >= 15 is 0 Å². The summed E-state index contributed by atoms with van der Waals surface area (Å²) in [7, 11) is 2.06. The van der Waals surface area contributed by atoms with Crippen molar-refractivity contribution < 1.29 is 4.74 Å². The maximum atomic E-state index is 6.09. The summed E-state index contributed by atoms with van der Waals surface area (Å²) in [5, 5.41) is 7.26. The van der Waals surface area contributed by atoms with Gasteiger partial charge in [-0.3, -0.25) is 4.98 Å². The minimum absolute atomic E-state index is 0.409. The van der Waals surface area contributed by atoms with Crippen LogP contribution in [0.1, 0.15) is 59.8 Å². The van der Waals surface area contributed by atoms with E-state index in [1.807, 2.05) is 0 Å². The fourth-order valence-electron chi connectivity index (χ4n) is 6.19. The lowest BCUT2D eigenvalue weighted by Crippen LogP contribution is -2.44. The van der Waals surface area contributed by atoms with Crippen LogP contribution in [0, 0.1) is 0 Å². The summed E-state index contributed by atoms with van der Waals surface area (Å²) in [4.78, 5) is 7.73. The molecule has 2 fully saturated rings. The maximum absolute atomic E-state index is 6.09. The number of anilines is 1. The molecule has 2 saturated heterocycles. The normalized spacial score (nSPS) is 29.5. The number of nitrogens with one attached hydrogen (secondary N) is 2. The molecule has 0 spiro atoms. The molecule has 4 aliphatic rings. The number of aryl methyl sites for hydroxylation is 1. The highest BCUT2D eigenvalue weighted by Gasteiger charge is 2.35. The van der Waals surface area contributed by atoms with Gasteiger partial charge in [-0.2, -0.15) is 0 Å². The molecule has 31 heavy (non-hydrogen) atoms. The Balaban J connectivity index is 1.22. The SMILES string of the molecule is CNC1CCCc2ccc(C[C@H]3Cc4c(cccc4N4C[C@H]5CC[C@@H](C4)O5)CN3)nc21. The maximum Gasteiger partial charge on any atom is 0.0755 e. The highest BCUT2D eigenvalue weighted by atomic mass is 16.5. The van der Waals surface area contributed by atoms with Crippen molar-refractivity contribution in [3.8, 4) is 0 Å². The van der Waals surface area contributed by atoms with E-state index in [9.17, 15) is 0 Å². The first-order valence-corrected chi connectivity index (χ1v) is 12.2. The van der Waals surface area contributed by atoms with Gasteiger partial charge in [0.1, 0.15) is 0 Å². The molecule has 6 rings (SSSR count). The van der Waals surface area contributed by atoms with Crippen molar-refractivity contribution in [2.45, 2.75) is 75.8 Å². The van der Waals surface area contributed by atoms with Crippen LogP contribution in [0.15, 0.2) is 30.3 Å². The van der Waals surface area contributed by atoms with Gasteiger partial charge < -0.3 is 20.3 Å². The second-order valence-electron chi connectivity index (χ2n) is 9.84. The number of morpholine rings is 1. The summed E-state index contributed by atoms with van der Waals surface area (Å²) in [5.74, 6) is 0. The predicted molar refractivity (Wildman–Crippen MR) is 124 cm³/mol. The summed E-state index contributed by atoms with van der Waals surface area (Å²) in [6, 6.07) is 12.3. The lowest BCUT2D eigenvalue weighted by molar-refractivity contribution is 0.0304. The molecule has 3 aliphatic heterocycles. The molecular weight excluding hydrogens is 384 g/mol. The number of benzene rings is 1. The Morgan fingerprint density at radius 3 is 2.81 bits per heavy atom. The van der Waals surface area contributed by atoms with Crippen molar-refractivity contribution in [1.29, 1.82) is 0 Å². The summed E-state index contributed by atoms with van der Waals surface area (Å²) < 4.78 is 6.09. The summed E-state index contributed by atoms with van der Waals surface area (Å²) in [6.07, 6.45) is 8.97. The van der Waals surface area contributed by atoms with Gasteiger partial charge in [0, 0.05) is 49.5 Å². The Bertz CT molecular complexity index is 948. The van der Waals surface area contributed by atoms with Gasteiger partial charge in [-0.05, 0) is 74.4 Å². The van der Waals surface area contributed by atoms with E-state index in [0.717, 1.165) is 32.5 Å². The van der Waals surface area contributed by atoms with Crippen molar-refractivity contribution in [3.63, 3.8) is 0 Å².